The first kappa shape index (κ1) is 19.0. The highest BCUT2D eigenvalue weighted by molar-refractivity contribution is 8.00. The van der Waals surface area contributed by atoms with Gasteiger partial charge in [0.15, 0.2) is 4.34 Å². The Balaban J connectivity index is 1.47. The summed E-state index contributed by atoms with van der Waals surface area (Å²) in [6, 6.07) is 5.46. The summed E-state index contributed by atoms with van der Waals surface area (Å²) in [6.45, 7) is 0. The van der Waals surface area contributed by atoms with Gasteiger partial charge in [-0.2, -0.15) is 0 Å². The topological polar surface area (TPSA) is 54.9 Å². The lowest BCUT2D eigenvalue weighted by Crippen LogP contribution is -2.12. The van der Waals surface area contributed by atoms with Gasteiger partial charge in [0.1, 0.15) is 0 Å². The van der Waals surface area contributed by atoms with Crippen LogP contribution >= 0.6 is 46.3 Å². The van der Waals surface area contributed by atoms with Crippen molar-refractivity contribution in [3.05, 3.63) is 33.8 Å². The number of nitrogens with zero attached hydrogens (tertiary/aromatic N) is 2. The minimum absolute atomic E-state index is 0.0220. The molecule has 134 valence electrons. The van der Waals surface area contributed by atoms with Crippen LogP contribution < -0.4 is 5.32 Å². The normalized spacial score (nSPS) is 14.8. The molecule has 0 spiro atoms. The average Bonchev–Trinajstić information content (AvgIpc) is 3.24. The molecule has 1 N–H and O–H groups in total. The minimum Gasteiger partial charge on any atom is -0.301 e. The van der Waals surface area contributed by atoms with E-state index in [0.717, 1.165) is 16.3 Å². The first-order chi connectivity index (χ1) is 12.1. The van der Waals surface area contributed by atoms with Crippen LogP contribution in [0.4, 0.5) is 5.13 Å². The molecule has 4 nitrogen and oxygen atoms in total. The second-order valence-electron chi connectivity index (χ2n) is 6.10. The highest BCUT2D eigenvalue weighted by atomic mass is 35.5. The zero-order valence-corrected chi connectivity index (χ0v) is 16.8. The van der Waals surface area contributed by atoms with Gasteiger partial charge >= 0.3 is 0 Å². The van der Waals surface area contributed by atoms with E-state index in [1.165, 1.54) is 48.8 Å². The van der Waals surface area contributed by atoms with Crippen molar-refractivity contribution in [1.82, 2.24) is 10.2 Å². The van der Waals surface area contributed by atoms with Crippen molar-refractivity contribution < 1.29 is 4.79 Å². The van der Waals surface area contributed by atoms with Gasteiger partial charge in [-0.05, 0) is 30.0 Å². The van der Waals surface area contributed by atoms with Crippen LogP contribution in [-0.4, -0.2) is 16.1 Å². The maximum absolute atomic E-state index is 12.0. The summed E-state index contributed by atoms with van der Waals surface area (Å²) in [5.74, 6) is 1.35. The number of carbonyl (C=O) groups excluding carboxylic acids is 1. The predicted molar refractivity (Wildman–Crippen MR) is 106 cm³/mol. The molecular formula is C17H19Cl2N3OS2. The fraction of sp³-hybridized carbons (Fsp3) is 0.471. The predicted octanol–water partition coefficient (Wildman–Crippen LogP) is 6.05. The van der Waals surface area contributed by atoms with Gasteiger partial charge < -0.3 is 5.32 Å². The Morgan fingerprint density at radius 2 is 1.96 bits per heavy atom. The third kappa shape index (κ3) is 5.58. The fourth-order valence-corrected chi connectivity index (χ4v) is 5.45. The summed E-state index contributed by atoms with van der Waals surface area (Å²) in [7, 11) is 0. The molecular weight excluding hydrogens is 397 g/mol. The van der Waals surface area contributed by atoms with Gasteiger partial charge in [0.25, 0.3) is 0 Å². The Bertz CT molecular complexity index is 712. The van der Waals surface area contributed by atoms with Crippen molar-refractivity contribution in [2.75, 3.05) is 5.32 Å². The van der Waals surface area contributed by atoms with Crippen molar-refractivity contribution in [3.8, 4) is 0 Å². The molecule has 2 aromatic rings. The number of aromatic nitrogens is 2. The SMILES string of the molecule is O=C(CCC1CCCC1)Nc1nnc(SCc2c(Cl)cccc2Cl)s1. The number of hydrogen-bond donors (Lipinski definition) is 1. The number of amides is 1. The molecule has 1 aromatic carbocycles. The third-order valence-electron chi connectivity index (χ3n) is 4.31. The molecule has 8 heteroatoms. The molecule has 1 amide bonds. The molecule has 0 radical (unpaired) electrons. The Labute approximate surface area is 165 Å². The molecule has 25 heavy (non-hydrogen) atoms. The molecule has 1 saturated carbocycles. The summed E-state index contributed by atoms with van der Waals surface area (Å²) < 4.78 is 0.780. The third-order valence-corrected chi connectivity index (χ3v) is 7.02. The summed E-state index contributed by atoms with van der Waals surface area (Å²) in [5, 5.41) is 12.8. The molecule has 1 aliphatic rings. The Morgan fingerprint density at radius 3 is 2.68 bits per heavy atom. The van der Waals surface area contributed by atoms with E-state index in [2.05, 4.69) is 15.5 Å². The second-order valence-corrected chi connectivity index (χ2v) is 9.11. The van der Waals surface area contributed by atoms with E-state index < -0.39 is 0 Å². The standard InChI is InChI=1S/C17H19Cl2N3OS2/c18-13-6-3-7-14(19)12(13)10-24-17-22-21-16(25-17)20-15(23)9-8-11-4-1-2-5-11/h3,6-7,11H,1-2,4-5,8-10H2,(H,20,21,23). The molecule has 0 unspecified atom stereocenters. The van der Waals surface area contributed by atoms with E-state index in [4.69, 9.17) is 23.2 Å². The van der Waals surface area contributed by atoms with E-state index in [-0.39, 0.29) is 5.91 Å². The van der Waals surface area contributed by atoms with Gasteiger partial charge in [0, 0.05) is 22.2 Å². The average molecular weight is 416 g/mol. The number of rotatable bonds is 7. The lowest BCUT2D eigenvalue weighted by Gasteiger charge is -2.07. The van der Waals surface area contributed by atoms with Gasteiger partial charge in [-0.3, -0.25) is 4.79 Å². The zero-order chi connectivity index (χ0) is 17.6. The number of anilines is 1. The van der Waals surface area contributed by atoms with Gasteiger partial charge in [-0.15, -0.1) is 10.2 Å². The first-order valence-electron chi connectivity index (χ1n) is 8.31. The van der Waals surface area contributed by atoms with Gasteiger partial charge in [0.2, 0.25) is 11.0 Å². The van der Waals surface area contributed by atoms with Crippen LogP contribution in [0.5, 0.6) is 0 Å². The number of thioether (sulfide) groups is 1. The van der Waals surface area contributed by atoms with E-state index in [1.54, 1.807) is 0 Å². The molecule has 1 aromatic heterocycles. The number of nitrogens with one attached hydrogen (secondary N) is 1. The summed E-state index contributed by atoms with van der Waals surface area (Å²) in [4.78, 5) is 12.0. The molecule has 0 atom stereocenters. The molecule has 1 heterocycles. The van der Waals surface area contributed by atoms with Gasteiger partial charge in [0.05, 0.1) is 0 Å². The molecule has 0 aliphatic heterocycles. The molecule has 1 aliphatic carbocycles. The quantitative estimate of drug-likeness (QED) is 0.441. The lowest BCUT2D eigenvalue weighted by molar-refractivity contribution is -0.116. The van der Waals surface area contributed by atoms with E-state index in [9.17, 15) is 4.79 Å². The van der Waals surface area contributed by atoms with Crippen molar-refractivity contribution in [3.63, 3.8) is 0 Å². The zero-order valence-electron chi connectivity index (χ0n) is 13.6. The Hall–Kier alpha value is -0.820. The maximum Gasteiger partial charge on any atom is 0.226 e. The maximum atomic E-state index is 12.0. The smallest absolute Gasteiger partial charge is 0.226 e. The largest absolute Gasteiger partial charge is 0.301 e. The minimum atomic E-state index is 0.0220. The summed E-state index contributed by atoms with van der Waals surface area (Å²) in [6.07, 6.45) is 6.66. The van der Waals surface area contributed by atoms with Crippen molar-refractivity contribution in [1.29, 1.82) is 0 Å². The molecule has 0 saturated heterocycles. The summed E-state index contributed by atoms with van der Waals surface area (Å²) in [5.41, 5.74) is 0.883. The Kier molecular flexibility index (Phi) is 6.99. The van der Waals surface area contributed by atoms with Crippen molar-refractivity contribution in [2.24, 2.45) is 5.92 Å². The van der Waals surface area contributed by atoms with E-state index >= 15 is 0 Å². The number of carbonyl (C=O) groups is 1. The summed E-state index contributed by atoms with van der Waals surface area (Å²) >= 11 is 15.2. The van der Waals surface area contributed by atoms with Crippen LogP contribution in [0.2, 0.25) is 10.0 Å². The Morgan fingerprint density at radius 1 is 1.24 bits per heavy atom. The second kappa shape index (κ2) is 9.21. The van der Waals surface area contributed by atoms with Crippen LogP contribution in [0, 0.1) is 5.92 Å². The van der Waals surface area contributed by atoms with Crippen LogP contribution in [0.15, 0.2) is 22.5 Å². The van der Waals surface area contributed by atoms with Crippen LogP contribution in [-0.2, 0) is 10.5 Å². The molecule has 0 bridgehead atoms. The van der Waals surface area contributed by atoms with Crippen LogP contribution in [0.3, 0.4) is 0 Å². The lowest BCUT2D eigenvalue weighted by atomic mass is 10.0. The van der Waals surface area contributed by atoms with Crippen LogP contribution in [0.1, 0.15) is 44.1 Å². The number of hydrogen-bond acceptors (Lipinski definition) is 5. The molecule has 1 fully saturated rings. The van der Waals surface area contributed by atoms with Gasteiger partial charge in [-0.1, -0.05) is 78.1 Å². The van der Waals surface area contributed by atoms with E-state index in [1.807, 2.05) is 18.2 Å². The van der Waals surface area contributed by atoms with E-state index in [0.29, 0.717) is 33.3 Å². The van der Waals surface area contributed by atoms with Crippen molar-refractivity contribution in [2.45, 2.75) is 48.6 Å². The first-order valence-corrected chi connectivity index (χ1v) is 10.9. The van der Waals surface area contributed by atoms with Gasteiger partial charge in [-0.25, -0.2) is 0 Å². The highest BCUT2D eigenvalue weighted by Gasteiger charge is 2.17. The van der Waals surface area contributed by atoms with Crippen LogP contribution in [0.25, 0.3) is 0 Å². The number of benzene rings is 1. The van der Waals surface area contributed by atoms with Crippen molar-refractivity contribution >= 4 is 57.3 Å². The fourth-order valence-electron chi connectivity index (χ4n) is 2.94. The highest BCUT2D eigenvalue weighted by Crippen LogP contribution is 2.34. The molecule has 3 rings (SSSR count). The number of halogens is 2. The monoisotopic (exact) mass is 415 g/mol.